The Kier molecular flexibility index (Phi) is 6.93. The van der Waals surface area contributed by atoms with Crippen LogP contribution in [0.25, 0.3) is 0 Å². The van der Waals surface area contributed by atoms with Crippen molar-refractivity contribution >= 4 is 18.1 Å². The number of carboxylic acids is 1. The number of ether oxygens (including phenoxy) is 1. The number of rotatable bonds is 3. The maximum Gasteiger partial charge on any atom is 0.503 e. The van der Waals surface area contributed by atoms with Gasteiger partial charge >= 0.3 is 18.1 Å². The minimum atomic E-state index is -1.83. The third-order valence-corrected chi connectivity index (χ3v) is 3.34. The first-order chi connectivity index (χ1) is 12.4. The highest BCUT2D eigenvalue weighted by atomic mass is 16.6. The number of phenolic OH excluding ortho intramolecular Hbond substituents is 1. The lowest BCUT2D eigenvalue weighted by atomic mass is 9.86. The molecule has 2 aromatic rings. The Labute approximate surface area is 155 Å². The standard InChI is InChI=1S/C18H18O5.CH2O3/c1-18(2,3)14-10-13(19)8-9-15(14)23-17(22)12-6-4-11(5-7-12)16(20)21;2-1(3)4/h4-10,19H,1-3H3,(H,20,21);(H2,2,3,4). The van der Waals surface area contributed by atoms with Crippen molar-refractivity contribution in [2.24, 2.45) is 0 Å². The molecule has 0 aliphatic rings. The Balaban J connectivity index is 0.000000828. The number of aromatic hydroxyl groups is 1. The van der Waals surface area contributed by atoms with Gasteiger partial charge < -0.3 is 25.2 Å². The molecule has 144 valence electrons. The first-order valence-electron chi connectivity index (χ1n) is 7.72. The summed E-state index contributed by atoms with van der Waals surface area (Å²) in [6.45, 7) is 5.84. The largest absolute Gasteiger partial charge is 0.508 e. The summed E-state index contributed by atoms with van der Waals surface area (Å²) in [7, 11) is 0. The van der Waals surface area contributed by atoms with E-state index in [2.05, 4.69) is 0 Å². The van der Waals surface area contributed by atoms with Gasteiger partial charge in [0, 0.05) is 5.56 Å². The van der Waals surface area contributed by atoms with Crippen molar-refractivity contribution in [2.45, 2.75) is 26.2 Å². The van der Waals surface area contributed by atoms with Gasteiger partial charge in [-0.05, 0) is 47.9 Å². The fraction of sp³-hybridized carbons (Fsp3) is 0.211. The van der Waals surface area contributed by atoms with Gasteiger partial charge in [-0.3, -0.25) is 0 Å². The fourth-order valence-corrected chi connectivity index (χ4v) is 2.10. The number of phenols is 1. The van der Waals surface area contributed by atoms with Crippen molar-refractivity contribution in [2.75, 3.05) is 0 Å². The van der Waals surface area contributed by atoms with Crippen LogP contribution in [0.1, 0.15) is 47.1 Å². The molecule has 0 saturated heterocycles. The monoisotopic (exact) mass is 376 g/mol. The predicted octanol–water partition coefficient (Wildman–Crippen LogP) is 3.83. The second-order valence-electron chi connectivity index (χ2n) is 6.49. The second-order valence-corrected chi connectivity index (χ2v) is 6.49. The first-order valence-corrected chi connectivity index (χ1v) is 7.72. The molecule has 0 saturated carbocycles. The van der Waals surface area contributed by atoms with Crippen molar-refractivity contribution in [3.05, 3.63) is 59.2 Å². The van der Waals surface area contributed by atoms with Gasteiger partial charge in [-0.2, -0.15) is 0 Å². The molecule has 0 aliphatic heterocycles. The molecule has 0 radical (unpaired) electrons. The third-order valence-electron chi connectivity index (χ3n) is 3.34. The molecular weight excluding hydrogens is 356 g/mol. The van der Waals surface area contributed by atoms with E-state index in [1.165, 1.54) is 30.3 Å². The lowest BCUT2D eigenvalue weighted by Crippen LogP contribution is -2.16. The summed E-state index contributed by atoms with van der Waals surface area (Å²) in [5.74, 6) is -1.18. The van der Waals surface area contributed by atoms with Gasteiger partial charge in [0.15, 0.2) is 0 Å². The van der Waals surface area contributed by atoms with E-state index < -0.39 is 18.1 Å². The van der Waals surface area contributed by atoms with E-state index >= 15 is 0 Å². The number of hydrogen-bond donors (Lipinski definition) is 4. The molecule has 0 heterocycles. The molecule has 0 bridgehead atoms. The van der Waals surface area contributed by atoms with Crippen LogP contribution in [-0.4, -0.2) is 38.5 Å². The van der Waals surface area contributed by atoms with Crippen molar-refractivity contribution < 1.29 is 39.5 Å². The van der Waals surface area contributed by atoms with E-state index in [1.54, 1.807) is 12.1 Å². The fourth-order valence-electron chi connectivity index (χ4n) is 2.10. The van der Waals surface area contributed by atoms with E-state index in [-0.39, 0.29) is 22.3 Å². The molecule has 0 fully saturated rings. The zero-order valence-electron chi connectivity index (χ0n) is 15.0. The van der Waals surface area contributed by atoms with E-state index in [0.29, 0.717) is 11.3 Å². The van der Waals surface area contributed by atoms with Crippen LogP contribution in [-0.2, 0) is 5.41 Å². The minimum absolute atomic E-state index is 0.0977. The molecule has 0 atom stereocenters. The van der Waals surface area contributed by atoms with Crippen LogP contribution >= 0.6 is 0 Å². The Bertz CT molecular complexity index is 828. The summed E-state index contributed by atoms with van der Waals surface area (Å²) >= 11 is 0. The van der Waals surface area contributed by atoms with Crippen LogP contribution in [0.5, 0.6) is 11.5 Å². The van der Waals surface area contributed by atoms with Gasteiger partial charge in [0.25, 0.3) is 0 Å². The number of carbonyl (C=O) groups is 3. The number of esters is 1. The van der Waals surface area contributed by atoms with E-state index in [1.807, 2.05) is 20.8 Å². The topological polar surface area (TPSA) is 141 Å². The van der Waals surface area contributed by atoms with Crippen LogP contribution in [0, 0.1) is 0 Å². The second kappa shape index (κ2) is 8.70. The molecule has 0 unspecified atom stereocenters. The van der Waals surface area contributed by atoms with Crippen LogP contribution < -0.4 is 4.74 Å². The van der Waals surface area contributed by atoms with Gasteiger partial charge in [-0.1, -0.05) is 20.8 Å². The average Bonchev–Trinajstić information content (AvgIpc) is 2.55. The maximum absolute atomic E-state index is 12.2. The number of aromatic carboxylic acids is 1. The van der Waals surface area contributed by atoms with Gasteiger partial charge in [0.2, 0.25) is 0 Å². The first kappa shape index (κ1) is 21.5. The maximum atomic E-state index is 12.2. The van der Waals surface area contributed by atoms with Crippen molar-refractivity contribution in [1.82, 2.24) is 0 Å². The van der Waals surface area contributed by atoms with Crippen LogP contribution in [0.3, 0.4) is 0 Å². The van der Waals surface area contributed by atoms with Crippen LogP contribution in [0.2, 0.25) is 0 Å². The van der Waals surface area contributed by atoms with Gasteiger partial charge in [0.05, 0.1) is 11.1 Å². The molecule has 0 amide bonds. The van der Waals surface area contributed by atoms with Crippen LogP contribution in [0.15, 0.2) is 42.5 Å². The number of carbonyl (C=O) groups excluding carboxylic acids is 1. The Hall–Kier alpha value is -3.55. The Morgan fingerprint density at radius 2 is 1.33 bits per heavy atom. The molecule has 2 aromatic carbocycles. The summed E-state index contributed by atoms with van der Waals surface area (Å²) in [5.41, 5.74) is 0.735. The van der Waals surface area contributed by atoms with Gasteiger partial charge in [0.1, 0.15) is 11.5 Å². The Morgan fingerprint density at radius 3 is 1.78 bits per heavy atom. The minimum Gasteiger partial charge on any atom is -0.508 e. The summed E-state index contributed by atoms with van der Waals surface area (Å²) in [6, 6.07) is 10.1. The lowest BCUT2D eigenvalue weighted by molar-refractivity contribution is 0.0691. The molecule has 8 nitrogen and oxygen atoms in total. The SMILES string of the molecule is CC(C)(C)c1cc(O)ccc1OC(=O)c1ccc(C(=O)O)cc1.O=C(O)O. The molecule has 27 heavy (non-hydrogen) atoms. The third kappa shape index (κ3) is 6.69. The van der Waals surface area contributed by atoms with Crippen LogP contribution in [0.4, 0.5) is 4.79 Å². The van der Waals surface area contributed by atoms with Crippen molar-refractivity contribution in [3.8, 4) is 11.5 Å². The lowest BCUT2D eigenvalue weighted by Gasteiger charge is -2.22. The highest BCUT2D eigenvalue weighted by molar-refractivity contribution is 5.93. The summed E-state index contributed by atoms with van der Waals surface area (Å²) < 4.78 is 5.42. The van der Waals surface area contributed by atoms with E-state index in [9.17, 15) is 14.7 Å². The molecule has 4 N–H and O–H groups in total. The molecule has 0 aliphatic carbocycles. The van der Waals surface area contributed by atoms with Crippen molar-refractivity contribution in [1.29, 1.82) is 0 Å². The smallest absolute Gasteiger partial charge is 0.503 e. The summed E-state index contributed by atoms with van der Waals surface area (Å²) in [5, 5.41) is 32.4. The molecule has 8 heteroatoms. The van der Waals surface area contributed by atoms with Gasteiger partial charge in [-0.15, -0.1) is 0 Å². The van der Waals surface area contributed by atoms with E-state index in [4.69, 9.17) is 24.9 Å². The highest BCUT2D eigenvalue weighted by Crippen LogP contribution is 2.34. The van der Waals surface area contributed by atoms with E-state index in [0.717, 1.165) is 0 Å². The van der Waals surface area contributed by atoms with Crippen molar-refractivity contribution in [3.63, 3.8) is 0 Å². The Morgan fingerprint density at radius 1 is 0.852 bits per heavy atom. The molecular formula is C19H20O8. The van der Waals surface area contributed by atoms with Gasteiger partial charge in [-0.25, -0.2) is 14.4 Å². The summed E-state index contributed by atoms with van der Waals surface area (Å²) in [6.07, 6.45) is -1.83. The average molecular weight is 376 g/mol. The molecule has 0 spiro atoms. The normalized spacial score (nSPS) is 10.3. The number of benzene rings is 2. The zero-order valence-corrected chi connectivity index (χ0v) is 15.0. The zero-order chi connectivity index (χ0) is 20.8. The number of hydrogen-bond acceptors (Lipinski definition) is 5. The highest BCUT2D eigenvalue weighted by Gasteiger charge is 2.22. The quantitative estimate of drug-likeness (QED) is 0.468. The molecule has 2 rings (SSSR count). The predicted molar refractivity (Wildman–Crippen MR) is 95.8 cm³/mol. The number of carboxylic acid groups (broad SMARTS) is 3. The summed E-state index contributed by atoms with van der Waals surface area (Å²) in [4.78, 5) is 31.6. The molecule has 0 aromatic heterocycles.